The second-order valence-corrected chi connectivity index (χ2v) is 6.45. The molecule has 0 bridgehead atoms. The third kappa shape index (κ3) is 2.33. The van der Waals surface area contributed by atoms with E-state index in [4.69, 9.17) is 9.47 Å². The molecule has 25 heavy (non-hydrogen) atoms. The lowest BCUT2D eigenvalue weighted by Gasteiger charge is -2.30. The Hall–Kier alpha value is -2.41. The van der Waals surface area contributed by atoms with Crippen LogP contribution in [0.5, 0.6) is 5.75 Å². The van der Waals surface area contributed by atoms with Crippen molar-refractivity contribution in [3.63, 3.8) is 0 Å². The SMILES string of the molecule is CCC1(C(=O)OC)NC(c2ccc(OC)cc2)C2C(=O)N(C)C(=O)C21. The van der Waals surface area contributed by atoms with Gasteiger partial charge in [-0.1, -0.05) is 19.1 Å². The molecule has 1 aromatic carbocycles. The van der Waals surface area contributed by atoms with Crippen LogP contribution in [0.1, 0.15) is 24.9 Å². The highest BCUT2D eigenvalue weighted by Crippen LogP contribution is 2.50. The van der Waals surface area contributed by atoms with Crippen LogP contribution in [0, 0.1) is 11.8 Å². The molecule has 7 heteroatoms. The number of nitrogens with one attached hydrogen (secondary N) is 1. The van der Waals surface area contributed by atoms with Gasteiger partial charge in [-0.15, -0.1) is 0 Å². The summed E-state index contributed by atoms with van der Waals surface area (Å²) in [4.78, 5) is 39.1. The number of carbonyl (C=O) groups is 3. The molecule has 7 nitrogen and oxygen atoms in total. The Kier molecular flexibility index (Phi) is 4.28. The van der Waals surface area contributed by atoms with Crippen LogP contribution < -0.4 is 10.1 Å². The Morgan fingerprint density at radius 3 is 2.36 bits per heavy atom. The van der Waals surface area contributed by atoms with Crippen molar-refractivity contribution in [3.05, 3.63) is 29.8 Å². The van der Waals surface area contributed by atoms with E-state index < -0.39 is 29.4 Å². The fraction of sp³-hybridized carbons (Fsp3) is 0.500. The fourth-order valence-electron chi connectivity index (χ4n) is 4.08. The summed E-state index contributed by atoms with van der Waals surface area (Å²) in [5.41, 5.74) is -0.381. The van der Waals surface area contributed by atoms with Gasteiger partial charge < -0.3 is 9.47 Å². The molecule has 2 saturated heterocycles. The number of ether oxygens (including phenoxy) is 2. The Balaban J connectivity index is 2.09. The normalized spacial score (nSPS) is 31.2. The van der Waals surface area contributed by atoms with Gasteiger partial charge in [-0.2, -0.15) is 0 Å². The first-order valence-electron chi connectivity index (χ1n) is 8.22. The van der Waals surface area contributed by atoms with Gasteiger partial charge in [0.2, 0.25) is 11.8 Å². The van der Waals surface area contributed by atoms with Gasteiger partial charge in [-0.25, -0.2) is 0 Å². The summed E-state index contributed by atoms with van der Waals surface area (Å²) in [5, 5.41) is 3.26. The number of amides is 2. The van der Waals surface area contributed by atoms with E-state index in [-0.39, 0.29) is 11.8 Å². The minimum atomic E-state index is -1.21. The van der Waals surface area contributed by atoms with Crippen LogP contribution in [0.15, 0.2) is 24.3 Å². The molecular weight excluding hydrogens is 324 g/mol. The molecule has 4 atom stereocenters. The van der Waals surface area contributed by atoms with Crippen molar-refractivity contribution in [2.24, 2.45) is 11.8 Å². The molecule has 2 fully saturated rings. The number of methoxy groups -OCH3 is 2. The number of esters is 1. The van der Waals surface area contributed by atoms with E-state index >= 15 is 0 Å². The number of hydrogen-bond donors (Lipinski definition) is 1. The topological polar surface area (TPSA) is 84.9 Å². The van der Waals surface area contributed by atoms with Gasteiger partial charge in [0.1, 0.15) is 11.3 Å². The van der Waals surface area contributed by atoms with Gasteiger partial charge in [-0.3, -0.25) is 24.6 Å². The molecule has 1 aromatic rings. The van der Waals surface area contributed by atoms with Crippen molar-refractivity contribution in [1.29, 1.82) is 0 Å². The number of fused-ring (bicyclic) bond motifs is 1. The monoisotopic (exact) mass is 346 g/mol. The highest BCUT2D eigenvalue weighted by atomic mass is 16.5. The minimum Gasteiger partial charge on any atom is -0.497 e. The predicted molar refractivity (Wildman–Crippen MR) is 88.7 cm³/mol. The Morgan fingerprint density at radius 2 is 1.84 bits per heavy atom. The first-order chi connectivity index (χ1) is 11.9. The molecule has 0 saturated carbocycles. The Labute approximate surface area is 146 Å². The minimum absolute atomic E-state index is 0.275. The zero-order chi connectivity index (χ0) is 18.4. The van der Waals surface area contributed by atoms with E-state index in [0.29, 0.717) is 12.2 Å². The zero-order valence-electron chi connectivity index (χ0n) is 14.7. The predicted octanol–water partition coefficient (Wildman–Crippen LogP) is 0.892. The van der Waals surface area contributed by atoms with Gasteiger partial charge in [0.05, 0.1) is 26.1 Å². The number of hydrogen-bond acceptors (Lipinski definition) is 6. The number of rotatable bonds is 4. The average molecular weight is 346 g/mol. The quantitative estimate of drug-likeness (QED) is 0.644. The summed E-state index contributed by atoms with van der Waals surface area (Å²) >= 11 is 0. The summed E-state index contributed by atoms with van der Waals surface area (Å²) in [6, 6.07) is 6.82. The van der Waals surface area contributed by atoms with Gasteiger partial charge in [0, 0.05) is 13.1 Å². The summed E-state index contributed by atoms with van der Waals surface area (Å²) in [5.74, 6) is -1.84. The lowest BCUT2D eigenvalue weighted by Crippen LogP contribution is -2.55. The van der Waals surface area contributed by atoms with Crippen LogP contribution in [0.3, 0.4) is 0 Å². The van der Waals surface area contributed by atoms with E-state index in [1.54, 1.807) is 19.2 Å². The highest BCUT2D eigenvalue weighted by molar-refractivity contribution is 6.09. The zero-order valence-corrected chi connectivity index (χ0v) is 14.7. The lowest BCUT2D eigenvalue weighted by molar-refractivity contribution is -0.154. The second kappa shape index (κ2) is 6.15. The third-order valence-electron chi connectivity index (χ3n) is 5.46. The molecule has 4 unspecified atom stereocenters. The second-order valence-electron chi connectivity index (χ2n) is 6.45. The summed E-state index contributed by atoms with van der Waals surface area (Å²) in [6.07, 6.45) is 0.348. The van der Waals surface area contributed by atoms with Crippen LogP contribution in [0.4, 0.5) is 0 Å². The molecule has 0 aromatic heterocycles. The maximum atomic E-state index is 12.7. The van der Waals surface area contributed by atoms with E-state index in [2.05, 4.69) is 5.32 Å². The molecule has 2 aliphatic heterocycles. The summed E-state index contributed by atoms with van der Waals surface area (Å²) in [7, 11) is 4.33. The van der Waals surface area contributed by atoms with Crippen molar-refractivity contribution >= 4 is 17.8 Å². The van der Waals surface area contributed by atoms with Gasteiger partial charge in [0.25, 0.3) is 0 Å². The molecule has 2 aliphatic rings. The first-order valence-corrected chi connectivity index (χ1v) is 8.22. The van der Waals surface area contributed by atoms with E-state index in [1.807, 2.05) is 19.1 Å². The fourth-order valence-corrected chi connectivity index (χ4v) is 4.08. The highest BCUT2D eigenvalue weighted by Gasteiger charge is 2.67. The van der Waals surface area contributed by atoms with Crippen molar-refractivity contribution < 1.29 is 23.9 Å². The lowest BCUT2D eigenvalue weighted by atomic mass is 9.78. The number of imide groups is 1. The van der Waals surface area contributed by atoms with Crippen LogP contribution >= 0.6 is 0 Å². The van der Waals surface area contributed by atoms with Gasteiger partial charge in [-0.05, 0) is 24.1 Å². The van der Waals surface area contributed by atoms with Crippen LogP contribution in [0.2, 0.25) is 0 Å². The number of nitrogens with zero attached hydrogens (tertiary/aromatic N) is 1. The first kappa shape index (κ1) is 17.4. The summed E-state index contributed by atoms with van der Waals surface area (Å²) in [6.45, 7) is 1.81. The maximum Gasteiger partial charge on any atom is 0.326 e. The summed E-state index contributed by atoms with van der Waals surface area (Å²) < 4.78 is 10.1. The van der Waals surface area contributed by atoms with E-state index in [0.717, 1.165) is 10.5 Å². The van der Waals surface area contributed by atoms with Gasteiger partial charge >= 0.3 is 5.97 Å². The maximum absolute atomic E-state index is 12.7. The smallest absolute Gasteiger partial charge is 0.326 e. The Morgan fingerprint density at radius 1 is 1.20 bits per heavy atom. The van der Waals surface area contributed by atoms with Crippen LogP contribution in [0.25, 0.3) is 0 Å². The van der Waals surface area contributed by atoms with Gasteiger partial charge in [0.15, 0.2) is 0 Å². The molecular formula is C18H22N2O5. The van der Waals surface area contributed by atoms with Crippen molar-refractivity contribution in [2.45, 2.75) is 24.9 Å². The van der Waals surface area contributed by atoms with Crippen molar-refractivity contribution in [2.75, 3.05) is 21.3 Å². The molecule has 1 N–H and O–H groups in total. The average Bonchev–Trinajstić information content (AvgIpc) is 3.11. The molecule has 3 rings (SSSR count). The largest absolute Gasteiger partial charge is 0.497 e. The Bertz CT molecular complexity index is 717. The van der Waals surface area contributed by atoms with Crippen molar-refractivity contribution in [1.82, 2.24) is 10.2 Å². The molecule has 2 amide bonds. The van der Waals surface area contributed by atoms with Crippen LogP contribution in [-0.4, -0.2) is 49.5 Å². The molecule has 0 spiro atoms. The van der Waals surface area contributed by atoms with E-state index in [9.17, 15) is 14.4 Å². The van der Waals surface area contributed by atoms with Crippen LogP contribution in [-0.2, 0) is 19.1 Å². The van der Waals surface area contributed by atoms with Crippen molar-refractivity contribution in [3.8, 4) is 5.75 Å². The number of benzene rings is 1. The number of carbonyl (C=O) groups excluding carboxylic acids is 3. The molecule has 134 valence electrons. The standard InChI is InChI=1S/C18H22N2O5/c1-5-18(17(23)25-4)13-12(15(21)20(2)16(13)22)14(19-18)10-6-8-11(24-3)9-7-10/h6-9,12-14,19H,5H2,1-4H3. The molecule has 0 radical (unpaired) electrons. The van der Waals surface area contributed by atoms with E-state index in [1.165, 1.54) is 14.2 Å². The number of likely N-dealkylation sites (tertiary alicyclic amines) is 1. The molecule has 2 heterocycles. The molecule has 0 aliphatic carbocycles. The third-order valence-corrected chi connectivity index (χ3v) is 5.46.